The molecule has 0 aromatic carbocycles. The lowest BCUT2D eigenvalue weighted by atomic mass is 10.1. The maximum absolute atomic E-state index is 12.6. The van der Waals surface area contributed by atoms with Crippen molar-refractivity contribution in [1.82, 2.24) is 15.2 Å². The number of pyridine rings is 1. The summed E-state index contributed by atoms with van der Waals surface area (Å²) in [6.07, 6.45) is 1.54. The molecule has 6 nitrogen and oxygen atoms in total. The highest BCUT2D eigenvalue weighted by Crippen LogP contribution is 2.17. The Labute approximate surface area is 140 Å². The molecule has 0 bridgehead atoms. The molecule has 0 saturated carbocycles. The number of furan rings is 1. The fourth-order valence-electron chi connectivity index (χ4n) is 2.72. The van der Waals surface area contributed by atoms with Crippen LogP contribution in [0.3, 0.4) is 0 Å². The Morgan fingerprint density at radius 1 is 1.30 bits per heavy atom. The summed E-state index contributed by atoms with van der Waals surface area (Å²) in [6.45, 7) is 5.36. The van der Waals surface area contributed by atoms with E-state index in [1.165, 1.54) is 6.26 Å². The van der Waals surface area contributed by atoms with Gasteiger partial charge in [0.1, 0.15) is 11.3 Å². The van der Waals surface area contributed by atoms with Crippen LogP contribution in [0.15, 0.2) is 39.7 Å². The summed E-state index contributed by atoms with van der Waals surface area (Å²) < 4.78 is 5.25. The molecule has 2 aromatic heterocycles. The molecular weight excluding hydrogens is 318 g/mol. The second-order valence-electron chi connectivity index (χ2n) is 5.57. The Morgan fingerprint density at radius 3 is 2.74 bits per heavy atom. The van der Waals surface area contributed by atoms with E-state index in [-0.39, 0.29) is 36.0 Å². The molecule has 1 saturated heterocycles. The smallest absolute Gasteiger partial charge is 0.261 e. The zero-order valence-corrected chi connectivity index (χ0v) is 13.9. The molecular formula is C16H20ClN3O3. The Bertz CT molecular complexity index is 726. The SMILES string of the molecule is CC1NCCN(C(=O)c2ccc(-c3ccco3)[nH]c2=O)C1C.Cl. The predicted molar refractivity (Wildman–Crippen MR) is 90.0 cm³/mol. The van der Waals surface area contributed by atoms with Crippen molar-refractivity contribution >= 4 is 18.3 Å². The summed E-state index contributed by atoms with van der Waals surface area (Å²) in [5.74, 6) is 0.341. The molecule has 1 amide bonds. The third-order valence-corrected chi connectivity index (χ3v) is 4.22. The molecule has 23 heavy (non-hydrogen) atoms. The maximum Gasteiger partial charge on any atom is 0.261 e. The van der Waals surface area contributed by atoms with Crippen LogP contribution in [0, 0.1) is 0 Å². The monoisotopic (exact) mass is 337 g/mol. The number of halogens is 1. The molecule has 124 valence electrons. The lowest BCUT2D eigenvalue weighted by Gasteiger charge is -2.38. The second kappa shape index (κ2) is 7.02. The van der Waals surface area contributed by atoms with Gasteiger partial charge in [0.15, 0.2) is 0 Å². The molecule has 2 N–H and O–H groups in total. The Hall–Kier alpha value is -2.05. The number of nitrogens with one attached hydrogen (secondary N) is 2. The zero-order chi connectivity index (χ0) is 15.7. The van der Waals surface area contributed by atoms with Crippen molar-refractivity contribution in [3.8, 4) is 11.5 Å². The topological polar surface area (TPSA) is 78.3 Å². The van der Waals surface area contributed by atoms with E-state index in [4.69, 9.17) is 4.42 Å². The summed E-state index contributed by atoms with van der Waals surface area (Å²) >= 11 is 0. The van der Waals surface area contributed by atoms with Gasteiger partial charge in [0.2, 0.25) is 0 Å². The first-order valence-electron chi connectivity index (χ1n) is 7.39. The summed E-state index contributed by atoms with van der Waals surface area (Å²) in [6, 6.07) is 7.02. The summed E-state index contributed by atoms with van der Waals surface area (Å²) in [7, 11) is 0. The number of H-pyrrole nitrogens is 1. The van der Waals surface area contributed by atoms with Gasteiger partial charge >= 0.3 is 0 Å². The lowest BCUT2D eigenvalue weighted by Crippen LogP contribution is -2.57. The van der Waals surface area contributed by atoms with Crippen molar-refractivity contribution in [2.75, 3.05) is 13.1 Å². The van der Waals surface area contributed by atoms with Gasteiger partial charge in [-0.3, -0.25) is 9.59 Å². The van der Waals surface area contributed by atoms with Gasteiger partial charge in [-0.25, -0.2) is 0 Å². The second-order valence-corrected chi connectivity index (χ2v) is 5.57. The molecule has 1 aliphatic heterocycles. The molecule has 3 heterocycles. The third-order valence-electron chi connectivity index (χ3n) is 4.22. The minimum atomic E-state index is -0.391. The molecule has 3 rings (SSSR count). The van der Waals surface area contributed by atoms with Gasteiger partial charge in [0.25, 0.3) is 11.5 Å². The average Bonchev–Trinajstić information content (AvgIpc) is 3.03. The highest BCUT2D eigenvalue weighted by Gasteiger charge is 2.29. The zero-order valence-electron chi connectivity index (χ0n) is 13.0. The molecule has 0 aliphatic carbocycles. The van der Waals surface area contributed by atoms with E-state index in [2.05, 4.69) is 10.3 Å². The van der Waals surface area contributed by atoms with Crippen molar-refractivity contribution in [3.63, 3.8) is 0 Å². The van der Waals surface area contributed by atoms with Crippen molar-refractivity contribution in [1.29, 1.82) is 0 Å². The van der Waals surface area contributed by atoms with Crippen LogP contribution >= 0.6 is 12.4 Å². The van der Waals surface area contributed by atoms with Crippen LogP contribution in [0.5, 0.6) is 0 Å². The lowest BCUT2D eigenvalue weighted by molar-refractivity contribution is 0.0601. The fraction of sp³-hybridized carbons (Fsp3) is 0.375. The van der Waals surface area contributed by atoms with Crippen LogP contribution in [-0.2, 0) is 0 Å². The minimum Gasteiger partial charge on any atom is -0.463 e. The third kappa shape index (κ3) is 3.33. The maximum atomic E-state index is 12.6. The van der Waals surface area contributed by atoms with Gasteiger partial charge in [0.05, 0.1) is 12.0 Å². The standard InChI is InChI=1S/C16H19N3O3.ClH/c1-10-11(2)19(8-7-17-10)16(21)12-5-6-13(18-15(12)20)14-4-3-9-22-14;/h3-6,9-11,17H,7-8H2,1-2H3,(H,18,20);1H. The van der Waals surface area contributed by atoms with Crippen LogP contribution in [0.1, 0.15) is 24.2 Å². The Kier molecular flexibility index (Phi) is 5.28. The first-order chi connectivity index (χ1) is 10.6. The molecule has 2 unspecified atom stereocenters. The molecule has 2 atom stereocenters. The van der Waals surface area contributed by atoms with Gasteiger partial charge in [-0.2, -0.15) is 0 Å². The molecule has 1 aliphatic rings. The molecule has 7 heteroatoms. The number of rotatable bonds is 2. The van der Waals surface area contributed by atoms with E-state index < -0.39 is 5.56 Å². The van der Waals surface area contributed by atoms with E-state index in [0.717, 1.165) is 6.54 Å². The summed E-state index contributed by atoms with van der Waals surface area (Å²) in [4.78, 5) is 29.3. The minimum absolute atomic E-state index is 0. The predicted octanol–water partition coefficient (Wildman–Crippen LogP) is 1.88. The van der Waals surface area contributed by atoms with Gasteiger partial charge < -0.3 is 19.6 Å². The number of nitrogens with zero attached hydrogens (tertiary/aromatic N) is 1. The van der Waals surface area contributed by atoms with Crippen LogP contribution in [0.25, 0.3) is 11.5 Å². The van der Waals surface area contributed by atoms with Crippen molar-refractivity contribution < 1.29 is 9.21 Å². The summed E-state index contributed by atoms with van der Waals surface area (Å²) in [5.41, 5.74) is 0.335. The summed E-state index contributed by atoms with van der Waals surface area (Å²) in [5, 5.41) is 3.32. The highest BCUT2D eigenvalue weighted by molar-refractivity contribution is 5.94. The Balaban J connectivity index is 0.00000192. The molecule has 2 aromatic rings. The van der Waals surface area contributed by atoms with Crippen molar-refractivity contribution in [3.05, 3.63) is 46.4 Å². The van der Waals surface area contributed by atoms with Crippen molar-refractivity contribution in [2.45, 2.75) is 25.9 Å². The van der Waals surface area contributed by atoms with Crippen LogP contribution in [0.4, 0.5) is 0 Å². The van der Waals surface area contributed by atoms with E-state index in [1.54, 1.807) is 29.2 Å². The van der Waals surface area contributed by atoms with Crippen LogP contribution in [-0.4, -0.2) is 41.0 Å². The van der Waals surface area contributed by atoms with Crippen LogP contribution in [0.2, 0.25) is 0 Å². The number of amides is 1. The van der Waals surface area contributed by atoms with Gasteiger partial charge in [-0.05, 0) is 38.1 Å². The van der Waals surface area contributed by atoms with E-state index in [1.807, 2.05) is 13.8 Å². The van der Waals surface area contributed by atoms with E-state index in [9.17, 15) is 9.59 Å². The highest BCUT2D eigenvalue weighted by atomic mass is 35.5. The van der Waals surface area contributed by atoms with Gasteiger partial charge in [0, 0.05) is 25.2 Å². The quantitative estimate of drug-likeness (QED) is 0.877. The largest absolute Gasteiger partial charge is 0.463 e. The first-order valence-corrected chi connectivity index (χ1v) is 7.39. The first kappa shape index (κ1) is 17.3. The van der Waals surface area contributed by atoms with Gasteiger partial charge in [-0.15, -0.1) is 12.4 Å². The van der Waals surface area contributed by atoms with Crippen LogP contribution < -0.4 is 10.9 Å². The number of aromatic nitrogens is 1. The number of carbonyl (C=O) groups is 1. The molecule has 0 spiro atoms. The van der Waals surface area contributed by atoms with E-state index >= 15 is 0 Å². The number of hydrogen-bond acceptors (Lipinski definition) is 4. The van der Waals surface area contributed by atoms with Gasteiger partial charge in [-0.1, -0.05) is 0 Å². The number of carbonyl (C=O) groups excluding carboxylic acids is 1. The number of piperazine rings is 1. The van der Waals surface area contributed by atoms with E-state index in [0.29, 0.717) is 18.0 Å². The average molecular weight is 338 g/mol. The Morgan fingerprint density at radius 2 is 2.09 bits per heavy atom. The normalized spacial score (nSPS) is 20.9. The molecule has 0 radical (unpaired) electrons. The van der Waals surface area contributed by atoms with Crippen molar-refractivity contribution in [2.24, 2.45) is 0 Å². The number of hydrogen-bond donors (Lipinski definition) is 2. The molecule has 1 fully saturated rings. The fourth-order valence-corrected chi connectivity index (χ4v) is 2.72. The number of aromatic amines is 1.